The monoisotopic (exact) mass is 462 g/mol. The number of benzene rings is 2. The highest BCUT2D eigenvalue weighted by Crippen LogP contribution is 2.44. The maximum Gasteiger partial charge on any atom is 0.306 e. The minimum absolute atomic E-state index is 0.233. The Hall–Kier alpha value is -3.45. The van der Waals surface area contributed by atoms with E-state index in [-0.39, 0.29) is 11.8 Å². The maximum atomic E-state index is 13.9. The summed E-state index contributed by atoms with van der Waals surface area (Å²) in [6.45, 7) is 6.25. The van der Waals surface area contributed by atoms with E-state index in [4.69, 9.17) is 4.74 Å². The number of carboxylic acid groups (broad SMARTS) is 1. The molecule has 176 valence electrons. The minimum Gasteiger partial charge on any atom is -0.482 e. The molecule has 2 aromatic carbocycles. The highest BCUT2D eigenvalue weighted by molar-refractivity contribution is 6.32. The number of allylic oxidation sites excluding steroid dienone is 1. The predicted octanol–water partition coefficient (Wildman–Crippen LogP) is 4.68. The van der Waals surface area contributed by atoms with Gasteiger partial charge in [-0.2, -0.15) is 0 Å². The summed E-state index contributed by atoms with van der Waals surface area (Å²) < 4.78 is 20.1. The number of fused-ring (bicyclic) bond motifs is 1. The Kier molecular flexibility index (Phi) is 5.52. The fourth-order valence-electron chi connectivity index (χ4n) is 4.99. The van der Waals surface area contributed by atoms with Crippen LogP contribution in [0.2, 0.25) is 0 Å². The van der Waals surface area contributed by atoms with Crippen molar-refractivity contribution in [1.82, 2.24) is 4.90 Å². The fourth-order valence-corrected chi connectivity index (χ4v) is 4.99. The lowest BCUT2D eigenvalue weighted by molar-refractivity contribution is -0.143. The number of aliphatic carboxylic acids is 1. The van der Waals surface area contributed by atoms with Crippen LogP contribution >= 0.6 is 0 Å². The van der Waals surface area contributed by atoms with Crippen LogP contribution in [0.15, 0.2) is 54.3 Å². The number of halogens is 1. The van der Waals surface area contributed by atoms with Crippen molar-refractivity contribution in [2.75, 3.05) is 18.4 Å². The van der Waals surface area contributed by atoms with Gasteiger partial charge in [0.25, 0.3) is 5.91 Å². The predicted molar refractivity (Wildman–Crippen MR) is 127 cm³/mol. The number of likely N-dealkylation sites (tertiary alicyclic amines) is 1. The molecule has 0 spiro atoms. The quantitative estimate of drug-likeness (QED) is 0.646. The van der Waals surface area contributed by atoms with Crippen molar-refractivity contribution in [1.29, 1.82) is 0 Å². The summed E-state index contributed by atoms with van der Waals surface area (Å²) in [5.74, 6) is -1.20. The van der Waals surface area contributed by atoms with Crippen LogP contribution in [-0.2, 0) is 20.9 Å². The topological polar surface area (TPSA) is 78.9 Å². The lowest BCUT2D eigenvalue weighted by atomic mass is 9.91. The lowest BCUT2D eigenvalue weighted by Crippen LogP contribution is -2.35. The van der Waals surface area contributed by atoms with Crippen molar-refractivity contribution < 1.29 is 23.8 Å². The Balaban J connectivity index is 1.37. The zero-order valence-corrected chi connectivity index (χ0v) is 19.2. The second kappa shape index (κ2) is 8.40. The van der Waals surface area contributed by atoms with Crippen molar-refractivity contribution in [3.8, 4) is 0 Å². The third kappa shape index (κ3) is 4.12. The number of hydrogen-bond acceptors (Lipinski definition) is 4. The summed E-state index contributed by atoms with van der Waals surface area (Å²) in [6.07, 6.45) is 3.24. The second-order valence-electron chi connectivity index (χ2n) is 9.64. The summed E-state index contributed by atoms with van der Waals surface area (Å²) in [6, 6.07) is 12.5. The molecule has 7 heteroatoms. The standard InChI is InChI=1S/C27H27FN2O4/c1-27(2)21(14-23(34-27)24-20-13-19(28)7-8-22(20)29-25(24)31)17-5-3-16(4-6-17)15-30-11-9-18(10-12-30)26(32)33/h3-8,13-14,18H,9-12,15H2,1-2H3,(H,29,31)(H,32,33). The van der Waals surface area contributed by atoms with Gasteiger partial charge in [0.05, 0.1) is 11.5 Å². The van der Waals surface area contributed by atoms with Gasteiger partial charge in [0.1, 0.15) is 17.2 Å². The average molecular weight is 463 g/mol. The number of nitrogens with zero attached hydrogens (tertiary/aromatic N) is 1. The van der Waals surface area contributed by atoms with Crippen LogP contribution in [-0.4, -0.2) is 40.6 Å². The summed E-state index contributed by atoms with van der Waals surface area (Å²) in [5, 5.41) is 12.0. The molecule has 1 amide bonds. The Morgan fingerprint density at radius 1 is 1.18 bits per heavy atom. The van der Waals surface area contributed by atoms with Crippen molar-refractivity contribution in [2.45, 2.75) is 38.8 Å². The van der Waals surface area contributed by atoms with Gasteiger partial charge in [-0.1, -0.05) is 24.3 Å². The van der Waals surface area contributed by atoms with E-state index in [1.165, 1.54) is 12.1 Å². The fraction of sp³-hybridized carbons (Fsp3) is 0.333. The summed E-state index contributed by atoms with van der Waals surface area (Å²) in [4.78, 5) is 26.1. The number of hydrogen-bond donors (Lipinski definition) is 2. The normalized spacial score (nSPS) is 22.2. The van der Waals surface area contributed by atoms with Crippen molar-refractivity contribution in [3.05, 3.63) is 76.8 Å². The van der Waals surface area contributed by atoms with Gasteiger partial charge in [-0.3, -0.25) is 14.5 Å². The van der Waals surface area contributed by atoms with Gasteiger partial charge in [-0.05, 0) is 75.2 Å². The van der Waals surface area contributed by atoms with Crippen molar-refractivity contribution in [2.24, 2.45) is 5.92 Å². The largest absolute Gasteiger partial charge is 0.482 e. The number of anilines is 1. The highest BCUT2D eigenvalue weighted by atomic mass is 19.1. The molecule has 6 nitrogen and oxygen atoms in total. The molecule has 0 radical (unpaired) electrons. The molecule has 0 aliphatic carbocycles. The third-order valence-electron chi connectivity index (χ3n) is 6.87. The van der Waals surface area contributed by atoms with Crippen molar-refractivity contribution in [3.63, 3.8) is 0 Å². The second-order valence-corrected chi connectivity index (χ2v) is 9.64. The van der Waals surface area contributed by atoms with Crippen LogP contribution in [0.4, 0.5) is 10.1 Å². The highest BCUT2D eigenvalue weighted by Gasteiger charge is 2.38. The molecule has 3 aliphatic rings. The number of piperidine rings is 1. The third-order valence-corrected chi connectivity index (χ3v) is 6.87. The van der Waals surface area contributed by atoms with E-state index >= 15 is 0 Å². The summed E-state index contributed by atoms with van der Waals surface area (Å²) >= 11 is 0. The average Bonchev–Trinajstić information content (AvgIpc) is 3.29. The van der Waals surface area contributed by atoms with Gasteiger partial charge in [0.15, 0.2) is 0 Å². The van der Waals surface area contributed by atoms with E-state index in [2.05, 4.69) is 22.3 Å². The number of ether oxygens (including phenoxy) is 1. The minimum atomic E-state index is -0.697. The molecule has 0 saturated carbocycles. The lowest BCUT2D eigenvalue weighted by Gasteiger charge is -2.30. The zero-order chi connectivity index (χ0) is 24.0. The first kappa shape index (κ1) is 22.3. The van der Waals surface area contributed by atoms with Crippen LogP contribution in [0, 0.1) is 11.7 Å². The van der Waals surface area contributed by atoms with E-state index in [9.17, 15) is 19.1 Å². The van der Waals surface area contributed by atoms with Gasteiger partial charge >= 0.3 is 5.97 Å². The Bertz CT molecular complexity index is 1220. The Labute approximate surface area is 197 Å². The number of carboxylic acids is 1. The molecular weight excluding hydrogens is 435 g/mol. The number of carbonyl (C=O) groups excluding carboxylic acids is 1. The molecule has 0 bridgehead atoms. The van der Waals surface area contributed by atoms with E-state index in [0.29, 0.717) is 35.4 Å². The molecule has 1 saturated heterocycles. The van der Waals surface area contributed by atoms with Gasteiger partial charge in [0, 0.05) is 23.4 Å². The molecule has 34 heavy (non-hydrogen) atoms. The van der Waals surface area contributed by atoms with Gasteiger partial charge in [-0.25, -0.2) is 4.39 Å². The van der Waals surface area contributed by atoms with E-state index < -0.39 is 17.4 Å². The van der Waals surface area contributed by atoms with Gasteiger partial charge in [0.2, 0.25) is 0 Å². The molecule has 0 aromatic heterocycles. The summed E-state index contributed by atoms with van der Waals surface area (Å²) in [5.41, 5.74) is 3.88. The van der Waals surface area contributed by atoms with E-state index in [0.717, 1.165) is 36.3 Å². The molecule has 1 fully saturated rings. The van der Waals surface area contributed by atoms with Crippen LogP contribution < -0.4 is 5.32 Å². The van der Waals surface area contributed by atoms with Crippen LogP contribution in [0.25, 0.3) is 11.1 Å². The molecule has 3 aliphatic heterocycles. The smallest absolute Gasteiger partial charge is 0.306 e. The van der Waals surface area contributed by atoms with Crippen LogP contribution in [0.3, 0.4) is 0 Å². The molecule has 2 N–H and O–H groups in total. The zero-order valence-electron chi connectivity index (χ0n) is 19.2. The summed E-state index contributed by atoms with van der Waals surface area (Å²) in [7, 11) is 0. The molecule has 5 rings (SSSR count). The molecular formula is C27H27FN2O4. The molecule has 3 heterocycles. The SMILES string of the molecule is CC1(C)OC(=C2C(=O)Nc3ccc(F)cc32)C=C1c1ccc(CN2CCC(C(=O)O)CC2)cc1. The van der Waals surface area contributed by atoms with Crippen LogP contribution in [0.1, 0.15) is 43.4 Å². The molecule has 0 unspecified atom stereocenters. The Morgan fingerprint density at radius 3 is 2.56 bits per heavy atom. The van der Waals surface area contributed by atoms with Crippen LogP contribution in [0.5, 0.6) is 0 Å². The van der Waals surface area contributed by atoms with Gasteiger partial charge in [-0.15, -0.1) is 0 Å². The Morgan fingerprint density at radius 2 is 1.88 bits per heavy atom. The number of nitrogens with one attached hydrogen (secondary N) is 1. The van der Waals surface area contributed by atoms with E-state index in [1.54, 1.807) is 6.07 Å². The first-order valence-corrected chi connectivity index (χ1v) is 11.5. The molecule has 0 atom stereocenters. The first-order chi connectivity index (χ1) is 16.2. The number of carbonyl (C=O) groups is 2. The number of amides is 1. The first-order valence-electron chi connectivity index (χ1n) is 11.5. The number of rotatable bonds is 4. The van der Waals surface area contributed by atoms with Gasteiger partial charge < -0.3 is 15.2 Å². The molecule has 2 aromatic rings. The maximum absolute atomic E-state index is 13.9. The van der Waals surface area contributed by atoms with E-state index in [1.807, 2.05) is 32.1 Å². The van der Waals surface area contributed by atoms with Crippen molar-refractivity contribution >= 4 is 28.7 Å².